The van der Waals surface area contributed by atoms with Gasteiger partial charge in [-0.3, -0.25) is 14.6 Å². The highest BCUT2D eigenvalue weighted by Crippen LogP contribution is 2.30. The first-order valence-corrected chi connectivity index (χ1v) is 12.8. The van der Waals surface area contributed by atoms with Gasteiger partial charge >= 0.3 is 5.97 Å². The number of hydrogen-bond acceptors (Lipinski definition) is 6. The molecule has 1 heterocycles. The lowest BCUT2D eigenvalue weighted by atomic mass is 9.82. The Labute approximate surface area is 199 Å². The van der Waals surface area contributed by atoms with Crippen LogP contribution in [0.25, 0.3) is 0 Å². The van der Waals surface area contributed by atoms with Gasteiger partial charge in [0.25, 0.3) is 5.91 Å². The number of benzene rings is 2. The number of nitrogens with one attached hydrogen (secondary N) is 1. The van der Waals surface area contributed by atoms with Crippen LogP contribution >= 0.6 is 11.8 Å². The number of ether oxygens (including phenoxy) is 1. The first-order chi connectivity index (χ1) is 16.1. The van der Waals surface area contributed by atoms with Crippen LogP contribution < -0.4 is 5.32 Å². The summed E-state index contributed by atoms with van der Waals surface area (Å²) in [4.78, 5) is 24.5. The topological polar surface area (TPSA) is 71.0 Å². The zero-order chi connectivity index (χ0) is 23.0. The Kier molecular flexibility index (Phi) is 8.05. The molecule has 1 N–H and O–H groups in total. The lowest BCUT2D eigenvalue weighted by molar-refractivity contribution is -0.144. The van der Waals surface area contributed by atoms with E-state index in [4.69, 9.17) is 4.74 Å². The maximum Gasteiger partial charge on any atom is 0.306 e. The Morgan fingerprint density at radius 1 is 1.15 bits per heavy atom. The molecule has 1 unspecified atom stereocenters. The summed E-state index contributed by atoms with van der Waals surface area (Å²) in [6.45, 7) is 4.23. The van der Waals surface area contributed by atoms with E-state index in [2.05, 4.69) is 27.6 Å². The van der Waals surface area contributed by atoms with Gasteiger partial charge in [0, 0.05) is 42.3 Å². The monoisotopic (exact) mass is 465 g/mol. The molecule has 1 saturated heterocycles. The van der Waals surface area contributed by atoms with Crippen LogP contribution in [0.3, 0.4) is 0 Å². The lowest BCUT2D eigenvalue weighted by Crippen LogP contribution is -2.27. The second-order valence-corrected chi connectivity index (χ2v) is 9.71. The molecule has 2 aliphatic rings. The third-order valence-electron chi connectivity index (χ3n) is 6.09. The maximum absolute atomic E-state index is 12.7. The summed E-state index contributed by atoms with van der Waals surface area (Å²) in [5, 5.41) is 9.64. The van der Waals surface area contributed by atoms with Crippen LogP contribution in [0.15, 0.2) is 47.6 Å². The Morgan fingerprint density at radius 2 is 1.94 bits per heavy atom. The molecule has 1 amide bonds. The number of rotatable bonds is 7. The van der Waals surface area contributed by atoms with E-state index in [-0.39, 0.29) is 11.9 Å². The Bertz CT molecular complexity index is 1000. The SMILES string of the molecule is CCOC(=O)CC1CCc2cc(NC(=O)c3ccc(C=NN4CCSCC4)cc3)ccc2C1. The normalized spacial score (nSPS) is 18.1. The third-order valence-corrected chi connectivity index (χ3v) is 7.03. The number of aryl methyl sites for hydroxylation is 1. The van der Waals surface area contributed by atoms with E-state index in [1.165, 1.54) is 11.1 Å². The van der Waals surface area contributed by atoms with Gasteiger partial charge < -0.3 is 10.1 Å². The Hall–Kier alpha value is -2.80. The van der Waals surface area contributed by atoms with Crippen LogP contribution in [0.4, 0.5) is 5.69 Å². The molecule has 2 aromatic rings. The van der Waals surface area contributed by atoms with Gasteiger partial charge in [0.2, 0.25) is 0 Å². The maximum atomic E-state index is 12.7. The first-order valence-electron chi connectivity index (χ1n) is 11.7. The van der Waals surface area contributed by atoms with Gasteiger partial charge in [-0.25, -0.2) is 0 Å². The highest BCUT2D eigenvalue weighted by Gasteiger charge is 2.22. The summed E-state index contributed by atoms with van der Waals surface area (Å²) in [7, 11) is 0. The molecule has 0 radical (unpaired) electrons. The van der Waals surface area contributed by atoms with Crippen molar-refractivity contribution in [3.63, 3.8) is 0 Å². The molecule has 0 saturated carbocycles. The van der Waals surface area contributed by atoms with Gasteiger partial charge in [-0.2, -0.15) is 16.9 Å². The molecular formula is C26H31N3O3S. The third kappa shape index (κ3) is 6.60. The highest BCUT2D eigenvalue weighted by atomic mass is 32.2. The fraction of sp³-hybridized carbons (Fsp3) is 0.423. The highest BCUT2D eigenvalue weighted by molar-refractivity contribution is 7.99. The van der Waals surface area contributed by atoms with Gasteiger partial charge in [-0.1, -0.05) is 18.2 Å². The first kappa shape index (κ1) is 23.4. The number of thioether (sulfide) groups is 1. The van der Waals surface area contributed by atoms with E-state index in [1.807, 2.05) is 55.2 Å². The summed E-state index contributed by atoms with van der Waals surface area (Å²) in [5.41, 5.74) is 4.90. The summed E-state index contributed by atoms with van der Waals surface area (Å²) in [5.74, 6) is 2.33. The largest absolute Gasteiger partial charge is 0.466 e. The minimum absolute atomic E-state index is 0.113. The molecule has 1 atom stereocenters. The van der Waals surface area contributed by atoms with E-state index in [0.717, 1.165) is 55.1 Å². The smallest absolute Gasteiger partial charge is 0.306 e. The molecule has 6 nitrogen and oxygen atoms in total. The molecule has 4 rings (SSSR count). The van der Waals surface area contributed by atoms with Crippen molar-refractivity contribution in [2.45, 2.75) is 32.6 Å². The molecule has 7 heteroatoms. The number of amides is 1. The van der Waals surface area contributed by atoms with Gasteiger partial charge in [0.1, 0.15) is 0 Å². The number of carbonyl (C=O) groups excluding carboxylic acids is 2. The summed E-state index contributed by atoms with van der Waals surface area (Å²) in [6, 6.07) is 13.6. The molecule has 33 heavy (non-hydrogen) atoms. The van der Waals surface area contributed by atoms with Crippen molar-refractivity contribution in [1.29, 1.82) is 0 Å². The van der Waals surface area contributed by atoms with Crippen LogP contribution in [-0.4, -0.2) is 54.3 Å². The number of fused-ring (bicyclic) bond motifs is 1. The van der Waals surface area contributed by atoms with Gasteiger partial charge in [-0.15, -0.1) is 0 Å². The van der Waals surface area contributed by atoms with E-state index >= 15 is 0 Å². The van der Waals surface area contributed by atoms with Crippen molar-refractivity contribution in [3.05, 3.63) is 64.7 Å². The number of hydrazone groups is 1. The summed E-state index contributed by atoms with van der Waals surface area (Å²) < 4.78 is 5.09. The molecule has 0 spiro atoms. The van der Waals surface area contributed by atoms with E-state index in [9.17, 15) is 9.59 Å². The van der Waals surface area contributed by atoms with Crippen molar-refractivity contribution in [3.8, 4) is 0 Å². The predicted molar refractivity (Wildman–Crippen MR) is 134 cm³/mol. The summed E-state index contributed by atoms with van der Waals surface area (Å²) >= 11 is 1.96. The minimum Gasteiger partial charge on any atom is -0.466 e. The van der Waals surface area contributed by atoms with Crippen LogP contribution in [0, 0.1) is 5.92 Å². The molecule has 0 aromatic heterocycles. The molecule has 1 aliphatic heterocycles. The second-order valence-electron chi connectivity index (χ2n) is 8.49. The van der Waals surface area contributed by atoms with Crippen LogP contribution in [0.2, 0.25) is 0 Å². The number of nitrogens with zero attached hydrogens (tertiary/aromatic N) is 2. The van der Waals surface area contributed by atoms with Gasteiger partial charge in [0.15, 0.2) is 0 Å². The Morgan fingerprint density at radius 3 is 2.70 bits per heavy atom. The Balaban J connectivity index is 1.32. The minimum atomic E-state index is -0.123. The number of anilines is 1. The molecule has 1 fully saturated rings. The van der Waals surface area contributed by atoms with Crippen molar-refractivity contribution in [2.24, 2.45) is 11.0 Å². The number of carbonyl (C=O) groups is 2. The molecule has 2 aromatic carbocycles. The van der Waals surface area contributed by atoms with Crippen LogP contribution in [0.1, 0.15) is 46.8 Å². The van der Waals surface area contributed by atoms with Crippen molar-refractivity contribution < 1.29 is 14.3 Å². The number of hydrogen-bond donors (Lipinski definition) is 1. The van der Waals surface area contributed by atoms with E-state index in [1.54, 1.807) is 0 Å². The fourth-order valence-electron chi connectivity index (χ4n) is 4.28. The average molecular weight is 466 g/mol. The second kappa shape index (κ2) is 11.4. The molecule has 1 aliphatic carbocycles. The average Bonchev–Trinajstić information content (AvgIpc) is 2.84. The predicted octanol–water partition coefficient (Wildman–Crippen LogP) is 4.38. The van der Waals surface area contributed by atoms with Crippen molar-refractivity contribution in [1.82, 2.24) is 5.01 Å². The van der Waals surface area contributed by atoms with E-state index in [0.29, 0.717) is 24.5 Å². The molecule has 174 valence electrons. The summed E-state index contributed by atoms with van der Waals surface area (Å²) in [6.07, 6.45) is 5.08. The number of esters is 1. The lowest BCUT2D eigenvalue weighted by Gasteiger charge is -2.24. The van der Waals surface area contributed by atoms with Crippen LogP contribution in [-0.2, 0) is 22.4 Å². The van der Waals surface area contributed by atoms with E-state index < -0.39 is 0 Å². The molecule has 0 bridgehead atoms. The zero-order valence-electron chi connectivity index (χ0n) is 19.1. The van der Waals surface area contributed by atoms with Crippen molar-refractivity contribution >= 4 is 35.5 Å². The van der Waals surface area contributed by atoms with Crippen LogP contribution in [0.5, 0.6) is 0 Å². The van der Waals surface area contributed by atoms with Gasteiger partial charge in [-0.05, 0) is 73.1 Å². The van der Waals surface area contributed by atoms with Gasteiger partial charge in [0.05, 0.1) is 12.8 Å². The quantitative estimate of drug-likeness (QED) is 0.485. The van der Waals surface area contributed by atoms with Crippen molar-refractivity contribution in [2.75, 3.05) is 36.5 Å². The standard InChI is InChI=1S/C26H31N3O3S/c1-2-32-25(30)16-20-5-8-23-17-24(10-9-22(23)15-20)28-26(31)21-6-3-19(4-7-21)18-27-29-11-13-33-14-12-29/h3-4,6-7,9-10,17-18,20H,2,5,8,11-16H2,1H3,(H,28,31). The zero-order valence-corrected chi connectivity index (χ0v) is 19.9. The molecular weight excluding hydrogens is 434 g/mol. The fourth-order valence-corrected chi connectivity index (χ4v) is 5.16.